The summed E-state index contributed by atoms with van der Waals surface area (Å²) in [6, 6.07) is 7.76. The van der Waals surface area contributed by atoms with Crippen LogP contribution in [0.4, 0.5) is 0 Å². The van der Waals surface area contributed by atoms with Crippen LogP contribution in [0.2, 0.25) is 0 Å². The Balaban J connectivity index is 1.68. The summed E-state index contributed by atoms with van der Waals surface area (Å²) in [6.45, 7) is 2.95. The van der Waals surface area contributed by atoms with E-state index in [1.54, 1.807) is 7.11 Å². The normalized spacial score (nSPS) is 17.5. The van der Waals surface area contributed by atoms with Gasteiger partial charge in [0.2, 0.25) is 17.6 Å². The molecule has 23 heavy (non-hydrogen) atoms. The van der Waals surface area contributed by atoms with Gasteiger partial charge >= 0.3 is 0 Å². The molecule has 1 aliphatic rings. The standard InChI is InChI=1S/C17H21N3O3/c1-3-13-5-4-10-20(13)16(21)11-15-18-17(19-23-15)12-6-8-14(22-2)9-7-12/h6-9,13H,3-5,10-11H2,1-2H3. The lowest BCUT2D eigenvalue weighted by atomic mass is 10.1. The predicted octanol–water partition coefficient (Wildman–Crippen LogP) is 2.69. The maximum atomic E-state index is 12.4. The Morgan fingerprint density at radius 3 is 2.87 bits per heavy atom. The van der Waals surface area contributed by atoms with Crippen LogP contribution in [0.5, 0.6) is 5.75 Å². The number of ether oxygens (including phenoxy) is 1. The van der Waals surface area contributed by atoms with Crippen molar-refractivity contribution in [3.63, 3.8) is 0 Å². The fraction of sp³-hybridized carbons (Fsp3) is 0.471. The van der Waals surface area contributed by atoms with Gasteiger partial charge in [0, 0.05) is 18.2 Å². The van der Waals surface area contributed by atoms with Gasteiger partial charge in [-0.2, -0.15) is 4.98 Å². The lowest BCUT2D eigenvalue weighted by molar-refractivity contribution is -0.131. The van der Waals surface area contributed by atoms with Crippen molar-refractivity contribution in [2.24, 2.45) is 0 Å². The number of nitrogens with zero attached hydrogens (tertiary/aromatic N) is 3. The summed E-state index contributed by atoms with van der Waals surface area (Å²) in [5.74, 6) is 1.69. The first-order valence-electron chi connectivity index (χ1n) is 7.97. The number of hydrogen-bond donors (Lipinski definition) is 0. The average Bonchev–Trinajstić information content (AvgIpc) is 3.23. The highest BCUT2D eigenvalue weighted by molar-refractivity contribution is 5.78. The third-order valence-corrected chi connectivity index (χ3v) is 4.29. The highest BCUT2D eigenvalue weighted by atomic mass is 16.5. The van der Waals surface area contributed by atoms with Gasteiger partial charge in [-0.05, 0) is 43.5 Å². The van der Waals surface area contributed by atoms with E-state index in [-0.39, 0.29) is 12.3 Å². The van der Waals surface area contributed by atoms with Gasteiger partial charge < -0.3 is 14.2 Å². The molecule has 1 aliphatic heterocycles. The zero-order chi connectivity index (χ0) is 16.2. The van der Waals surface area contributed by atoms with E-state index in [2.05, 4.69) is 17.1 Å². The second-order valence-corrected chi connectivity index (χ2v) is 5.71. The highest BCUT2D eigenvalue weighted by Gasteiger charge is 2.28. The number of likely N-dealkylation sites (tertiary alicyclic amines) is 1. The molecule has 0 N–H and O–H groups in total. The Morgan fingerprint density at radius 1 is 1.39 bits per heavy atom. The van der Waals surface area contributed by atoms with E-state index in [0.717, 1.165) is 37.1 Å². The third-order valence-electron chi connectivity index (χ3n) is 4.29. The van der Waals surface area contributed by atoms with Gasteiger partial charge in [-0.3, -0.25) is 4.79 Å². The summed E-state index contributed by atoms with van der Waals surface area (Å²) in [7, 11) is 1.62. The molecule has 1 fully saturated rings. The molecule has 0 radical (unpaired) electrons. The summed E-state index contributed by atoms with van der Waals surface area (Å²) in [5.41, 5.74) is 0.834. The van der Waals surface area contributed by atoms with E-state index >= 15 is 0 Å². The van der Waals surface area contributed by atoms with E-state index in [0.29, 0.717) is 17.8 Å². The largest absolute Gasteiger partial charge is 0.497 e. The molecule has 1 unspecified atom stereocenters. The number of benzene rings is 1. The third kappa shape index (κ3) is 3.36. The molecule has 122 valence electrons. The zero-order valence-electron chi connectivity index (χ0n) is 13.5. The summed E-state index contributed by atoms with van der Waals surface area (Å²) in [5, 5.41) is 3.96. The molecule has 1 atom stereocenters. The zero-order valence-corrected chi connectivity index (χ0v) is 13.5. The molecule has 0 bridgehead atoms. The van der Waals surface area contributed by atoms with Crippen molar-refractivity contribution in [3.8, 4) is 17.1 Å². The number of aromatic nitrogens is 2. The maximum Gasteiger partial charge on any atom is 0.236 e. The lowest BCUT2D eigenvalue weighted by Gasteiger charge is -2.22. The first-order valence-corrected chi connectivity index (χ1v) is 7.97. The van der Waals surface area contributed by atoms with Crippen LogP contribution in [0.25, 0.3) is 11.4 Å². The number of methoxy groups -OCH3 is 1. The van der Waals surface area contributed by atoms with Gasteiger partial charge in [-0.1, -0.05) is 12.1 Å². The monoisotopic (exact) mass is 315 g/mol. The van der Waals surface area contributed by atoms with Gasteiger partial charge in [0.25, 0.3) is 0 Å². The first kappa shape index (κ1) is 15.5. The number of carbonyl (C=O) groups is 1. The summed E-state index contributed by atoms with van der Waals surface area (Å²) in [4.78, 5) is 18.7. The van der Waals surface area contributed by atoms with Crippen LogP contribution in [-0.4, -0.2) is 40.6 Å². The number of rotatable bonds is 5. The van der Waals surface area contributed by atoms with E-state index in [1.807, 2.05) is 29.2 Å². The SMILES string of the molecule is CCC1CCCN1C(=O)Cc1nc(-c2ccc(OC)cc2)no1. The van der Waals surface area contributed by atoms with Gasteiger partial charge in [-0.25, -0.2) is 0 Å². The average molecular weight is 315 g/mol. The molecule has 2 heterocycles. The highest BCUT2D eigenvalue weighted by Crippen LogP contribution is 2.22. The fourth-order valence-electron chi connectivity index (χ4n) is 3.00. The summed E-state index contributed by atoms with van der Waals surface area (Å²) >= 11 is 0. The number of carbonyl (C=O) groups excluding carboxylic acids is 1. The fourth-order valence-corrected chi connectivity index (χ4v) is 3.00. The number of hydrogen-bond acceptors (Lipinski definition) is 5. The first-order chi connectivity index (χ1) is 11.2. The van der Waals surface area contributed by atoms with Crippen molar-refractivity contribution in [1.29, 1.82) is 0 Å². The van der Waals surface area contributed by atoms with Crippen LogP contribution in [0.3, 0.4) is 0 Å². The van der Waals surface area contributed by atoms with E-state index in [1.165, 1.54) is 0 Å². The number of amides is 1. The van der Waals surface area contributed by atoms with Crippen LogP contribution in [-0.2, 0) is 11.2 Å². The Hall–Kier alpha value is -2.37. The van der Waals surface area contributed by atoms with Crippen LogP contribution in [0.15, 0.2) is 28.8 Å². The molecule has 6 heteroatoms. The van der Waals surface area contributed by atoms with Crippen molar-refractivity contribution in [2.45, 2.75) is 38.6 Å². The summed E-state index contributed by atoms with van der Waals surface area (Å²) < 4.78 is 10.4. The van der Waals surface area contributed by atoms with Crippen LogP contribution >= 0.6 is 0 Å². The smallest absolute Gasteiger partial charge is 0.236 e. The Kier molecular flexibility index (Phi) is 4.60. The van der Waals surface area contributed by atoms with Crippen LogP contribution in [0.1, 0.15) is 32.1 Å². The van der Waals surface area contributed by atoms with Gasteiger partial charge in [0.15, 0.2) is 0 Å². The van der Waals surface area contributed by atoms with E-state index in [4.69, 9.17) is 9.26 Å². The molecule has 2 aromatic rings. The molecular formula is C17H21N3O3. The molecule has 0 aliphatic carbocycles. The second-order valence-electron chi connectivity index (χ2n) is 5.71. The van der Waals surface area contributed by atoms with Crippen molar-refractivity contribution >= 4 is 5.91 Å². The van der Waals surface area contributed by atoms with Crippen molar-refractivity contribution < 1.29 is 14.1 Å². The van der Waals surface area contributed by atoms with Gasteiger partial charge in [0.1, 0.15) is 12.2 Å². The van der Waals surface area contributed by atoms with E-state index in [9.17, 15) is 4.79 Å². The Labute approximate surface area is 135 Å². The maximum absolute atomic E-state index is 12.4. The lowest BCUT2D eigenvalue weighted by Crippen LogP contribution is -2.36. The minimum Gasteiger partial charge on any atom is -0.497 e. The van der Waals surface area contributed by atoms with Gasteiger partial charge in [-0.15, -0.1) is 0 Å². The molecule has 1 aromatic heterocycles. The molecule has 1 saturated heterocycles. The van der Waals surface area contributed by atoms with Crippen LogP contribution in [0, 0.1) is 0 Å². The predicted molar refractivity (Wildman–Crippen MR) is 85.0 cm³/mol. The topological polar surface area (TPSA) is 68.5 Å². The van der Waals surface area contributed by atoms with Crippen molar-refractivity contribution in [2.75, 3.05) is 13.7 Å². The van der Waals surface area contributed by atoms with Crippen molar-refractivity contribution in [3.05, 3.63) is 30.2 Å². The molecule has 0 spiro atoms. The molecule has 1 amide bonds. The molecule has 6 nitrogen and oxygen atoms in total. The molecule has 0 saturated carbocycles. The second kappa shape index (κ2) is 6.81. The summed E-state index contributed by atoms with van der Waals surface area (Å²) in [6.07, 6.45) is 3.32. The minimum atomic E-state index is 0.0688. The van der Waals surface area contributed by atoms with Crippen molar-refractivity contribution in [1.82, 2.24) is 15.0 Å². The van der Waals surface area contributed by atoms with Crippen LogP contribution < -0.4 is 4.74 Å². The Morgan fingerprint density at radius 2 is 2.17 bits per heavy atom. The minimum absolute atomic E-state index is 0.0688. The quantitative estimate of drug-likeness (QED) is 0.848. The van der Waals surface area contributed by atoms with Gasteiger partial charge in [0.05, 0.1) is 7.11 Å². The molecule has 3 rings (SSSR count). The molecular weight excluding hydrogens is 294 g/mol. The van der Waals surface area contributed by atoms with E-state index < -0.39 is 0 Å². The molecule has 1 aromatic carbocycles. The Bertz CT molecular complexity index is 666.